The van der Waals surface area contributed by atoms with Crippen molar-refractivity contribution < 1.29 is 9.59 Å². The van der Waals surface area contributed by atoms with Crippen LogP contribution in [0.15, 0.2) is 24.3 Å². The number of nitrogens with one attached hydrogen (secondary N) is 1. The van der Waals surface area contributed by atoms with Crippen LogP contribution in [0.5, 0.6) is 0 Å². The van der Waals surface area contributed by atoms with Gasteiger partial charge in [0, 0.05) is 50.4 Å². The van der Waals surface area contributed by atoms with E-state index in [1.165, 1.54) is 0 Å². The molecule has 1 aromatic rings. The van der Waals surface area contributed by atoms with Gasteiger partial charge in [0.25, 0.3) is 5.91 Å². The van der Waals surface area contributed by atoms with Crippen LogP contribution >= 0.6 is 0 Å². The van der Waals surface area contributed by atoms with Crippen molar-refractivity contribution in [1.29, 1.82) is 0 Å². The zero-order chi connectivity index (χ0) is 18.6. The fraction of sp³-hybridized carbons (Fsp3) is 0.600. The van der Waals surface area contributed by atoms with Crippen molar-refractivity contribution in [2.75, 3.05) is 32.1 Å². The Morgan fingerprint density at radius 2 is 1.80 bits per heavy atom. The first kappa shape index (κ1) is 19.3. The molecule has 138 valence electrons. The van der Waals surface area contributed by atoms with E-state index in [2.05, 4.69) is 19.2 Å². The molecule has 25 heavy (non-hydrogen) atoms. The molecule has 1 unspecified atom stereocenters. The summed E-state index contributed by atoms with van der Waals surface area (Å²) in [6, 6.07) is 7.87. The van der Waals surface area contributed by atoms with Crippen LogP contribution in [0.4, 0.5) is 5.69 Å². The van der Waals surface area contributed by atoms with Crippen molar-refractivity contribution in [3.05, 3.63) is 29.8 Å². The number of piperidine rings is 1. The zero-order valence-electron chi connectivity index (χ0n) is 16.1. The average molecular weight is 345 g/mol. The normalized spacial score (nSPS) is 16.6. The van der Waals surface area contributed by atoms with Gasteiger partial charge < -0.3 is 15.1 Å². The van der Waals surface area contributed by atoms with Crippen molar-refractivity contribution in [3.8, 4) is 0 Å². The van der Waals surface area contributed by atoms with Gasteiger partial charge >= 0.3 is 0 Å². The van der Waals surface area contributed by atoms with Crippen molar-refractivity contribution in [2.45, 2.75) is 39.7 Å². The van der Waals surface area contributed by atoms with E-state index < -0.39 is 0 Å². The zero-order valence-corrected chi connectivity index (χ0v) is 16.1. The Bertz CT molecular complexity index is 605. The molecule has 1 fully saturated rings. The number of benzene rings is 1. The number of nitrogens with zero attached hydrogens (tertiary/aromatic N) is 2. The number of likely N-dealkylation sites (tertiary alicyclic amines) is 1. The van der Waals surface area contributed by atoms with Crippen molar-refractivity contribution in [3.63, 3.8) is 0 Å². The van der Waals surface area contributed by atoms with Crippen LogP contribution in [0.25, 0.3) is 0 Å². The Morgan fingerprint density at radius 1 is 1.16 bits per heavy atom. The Kier molecular flexibility index (Phi) is 6.45. The molecule has 5 nitrogen and oxygen atoms in total. The molecule has 1 atom stereocenters. The summed E-state index contributed by atoms with van der Waals surface area (Å²) in [6.45, 7) is 7.53. The fourth-order valence-corrected chi connectivity index (χ4v) is 2.95. The van der Waals surface area contributed by atoms with Crippen LogP contribution in [0.2, 0.25) is 0 Å². The second kappa shape index (κ2) is 8.37. The molecule has 1 aromatic carbocycles. The smallest absolute Gasteiger partial charge is 0.253 e. The molecule has 1 N–H and O–H groups in total. The molecular formula is C20H31N3O2. The highest BCUT2D eigenvalue weighted by Gasteiger charge is 2.28. The van der Waals surface area contributed by atoms with Crippen LogP contribution in [0, 0.1) is 11.8 Å². The van der Waals surface area contributed by atoms with Crippen LogP contribution in [-0.4, -0.2) is 49.9 Å². The molecule has 0 bridgehead atoms. The molecule has 1 heterocycles. The van der Waals surface area contributed by atoms with Gasteiger partial charge in [-0.25, -0.2) is 0 Å². The Labute approximate surface area is 151 Å². The number of amides is 2. The van der Waals surface area contributed by atoms with Crippen LogP contribution in [0.1, 0.15) is 44.0 Å². The Morgan fingerprint density at radius 3 is 2.36 bits per heavy atom. The quantitative estimate of drug-likeness (QED) is 0.893. The summed E-state index contributed by atoms with van der Waals surface area (Å²) in [5.41, 5.74) is 1.73. The third-order valence-electron chi connectivity index (χ3n) is 5.13. The second-order valence-corrected chi connectivity index (χ2v) is 7.55. The molecule has 2 amide bonds. The number of carbonyl (C=O) groups is 2. The van der Waals surface area contributed by atoms with Gasteiger partial charge in [-0.15, -0.1) is 0 Å². The molecule has 5 heteroatoms. The van der Waals surface area contributed by atoms with E-state index in [4.69, 9.17) is 0 Å². The fourth-order valence-electron chi connectivity index (χ4n) is 2.95. The summed E-state index contributed by atoms with van der Waals surface area (Å²) in [5.74, 6) is 0.619. The molecule has 0 radical (unpaired) electrons. The average Bonchev–Trinajstić information content (AvgIpc) is 2.61. The lowest BCUT2D eigenvalue weighted by Gasteiger charge is -2.32. The second-order valence-electron chi connectivity index (χ2n) is 7.55. The maximum absolute atomic E-state index is 12.7. The highest BCUT2D eigenvalue weighted by Crippen LogP contribution is 2.21. The van der Waals surface area contributed by atoms with E-state index in [1.54, 1.807) is 0 Å². The number of hydrogen-bond acceptors (Lipinski definition) is 3. The van der Waals surface area contributed by atoms with E-state index in [0.717, 1.165) is 18.5 Å². The summed E-state index contributed by atoms with van der Waals surface area (Å²) >= 11 is 0. The minimum atomic E-state index is 0.0124. The van der Waals surface area contributed by atoms with Gasteiger partial charge in [0.1, 0.15) is 0 Å². The lowest BCUT2D eigenvalue weighted by molar-refractivity contribution is -0.127. The largest absolute Gasteiger partial charge is 0.378 e. The van der Waals surface area contributed by atoms with Gasteiger partial charge in [-0.3, -0.25) is 9.59 Å². The number of rotatable bonds is 5. The highest BCUT2D eigenvalue weighted by atomic mass is 16.2. The van der Waals surface area contributed by atoms with Gasteiger partial charge in [0.05, 0.1) is 0 Å². The minimum Gasteiger partial charge on any atom is -0.378 e. The Balaban J connectivity index is 1.92. The predicted molar refractivity (Wildman–Crippen MR) is 102 cm³/mol. The summed E-state index contributed by atoms with van der Waals surface area (Å²) in [7, 11) is 3.93. The summed E-state index contributed by atoms with van der Waals surface area (Å²) in [5, 5.41) is 3.10. The first-order valence-electron chi connectivity index (χ1n) is 9.16. The third-order valence-corrected chi connectivity index (χ3v) is 5.13. The van der Waals surface area contributed by atoms with Gasteiger partial charge in [0.15, 0.2) is 0 Å². The molecule has 2 rings (SSSR count). The molecule has 0 aliphatic carbocycles. The third kappa shape index (κ3) is 4.97. The maximum Gasteiger partial charge on any atom is 0.253 e. The molecule has 0 aromatic heterocycles. The molecule has 0 spiro atoms. The Hall–Kier alpha value is -2.04. The molecular weight excluding hydrogens is 314 g/mol. The number of hydrogen-bond donors (Lipinski definition) is 1. The standard InChI is InChI=1S/C20H31N3O2/c1-14(2)15(3)21-19(24)16-9-11-23(12-10-16)20(25)17-7-6-8-18(13-17)22(4)5/h6-8,13-16H,9-12H2,1-5H3,(H,21,24). The van der Waals surface area contributed by atoms with Crippen molar-refractivity contribution >= 4 is 17.5 Å². The van der Waals surface area contributed by atoms with E-state index >= 15 is 0 Å². The molecule has 0 saturated carbocycles. The highest BCUT2D eigenvalue weighted by molar-refractivity contribution is 5.95. The van der Waals surface area contributed by atoms with Gasteiger partial charge in [-0.2, -0.15) is 0 Å². The lowest BCUT2D eigenvalue weighted by Crippen LogP contribution is -2.45. The summed E-state index contributed by atoms with van der Waals surface area (Å²) < 4.78 is 0. The van der Waals surface area contributed by atoms with E-state index in [9.17, 15) is 9.59 Å². The van der Waals surface area contributed by atoms with Crippen LogP contribution in [-0.2, 0) is 4.79 Å². The molecule has 1 aliphatic rings. The predicted octanol–water partition coefficient (Wildman–Crippen LogP) is 2.77. The first-order chi connectivity index (χ1) is 11.8. The first-order valence-corrected chi connectivity index (χ1v) is 9.16. The lowest BCUT2D eigenvalue weighted by atomic mass is 9.94. The van der Waals surface area contributed by atoms with E-state index in [-0.39, 0.29) is 23.8 Å². The molecule has 1 aliphatic heterocycles. The molecule has 1 saturated heterocycles. The van der Waals surface area contributed by atoms with Crippen LogP contribution < -0.4 is 10.2 Å². The van der Waals surface area contributed by atoms with Crippen molar-refractivity contribution in [2.24, 2.45) is 11.8 Å². The monoisotopic (exact) mass is 345 g/mol. The topological polar surface area (TPSA) is 52.7 Å². The van der Waals surface area contributed by atoms with Gasteiger partial charge in [-0.1, -0.05) is 19.9 Å². The van der Waals surface area contributed by atoms with Gasteiger partial charge in [-0.05, 0) is 43.9 Å². The van der Waals surface area contributed by atoms with E-state index in [0.29, 0.717) is 24.6 Å². The summed E-state index contributed by atoms with van der Waals surface area (Å²) in [6.07, 6.45) is 1.46. The van der Waals surface area contributed by atoms with E-state index in [1.807, 2.05) is 55.1 Å². The number of anilines is 1. The van der Waals surface area contributed by atoms with Crippen molar-refractivity contribution in [1.82, 2.24) is 10.2 Å². The SMILES string of the molecule is CC(C)C(C)NC(=O)C1CCN(C(=O)c2cccc(N(C)C)c2)CC1. The number of carbonyl (C=O) groups excluding carboxylic acids is 2. The van der Waals surface area contributed by atoms with Crippen LogP contribution in [0.3, 0.4) is 0 Å². The van der Waals surface area contributed by atoms with Gasteiger partial charge in [0.2, 0.25) is 5.91 Å². The maximum atomic E-state index is 12.7. The summed E-state index contributed by atoms with van der Waals surface area (Å²) in [4.78, 5) is 28.9. The minimum absolute atomic E-state index is 0.0124.